The van der Waals surface area contributed by atoms with E-state index in [1.54, 1.807) is 18.7 Å². The number of anilines is 1. The lowest BCUT2D eigenvalue weighted by Gasteiger charge is -2.34. The number of fused-ring (bicyclic) bond motifs is 1. The predicted molar refractivity (Wildman–Crippen MR) is 97.3 cm³/mol. The molecule has 0 amide bonds. The summed E-state index contributed by atoms with van der Waals surface area (Å²) in [6, 6.07) is 5.96. The zero-order valence-electron chi connectivity index (χ0n) is 14.9. The van der Waals surface area contributed by atoms with Crippen molar-refractivity contribution in [3.63, 3.8) is 0 Å². The van der Waals surface area contributed by atoms with Gasteiger partial charge in [-0.2, -0.15) is 5.10 Å². The molecule has 0 N–H and O–H groups in total. The number of nitro groups is 1. The minimum Gasteiger partial charge on any atom is -0.349 e. The Morgan fingerprint density at radius 1 is 1.23 bits per heavy atom. The average Bonchev–Trinajstić information content (AvgIpc) is 3.15. The number of aromatic nitrogens is 4. The standard InChI is InChI=1S/C17H21N7O2/c1-13-16(24(25)26)17(20(2)19-13)22-9-7-21(8-10-22)11-14-12-23-6-4-3-5-15(23)18-14/h3-6,12H,7-11H2,1-2H3. The van der Waals surface area contributed by atoms with Crippen molar-refractivity contribution in [1.29, 1.82) is 0 Å². The summed E-state index contributed by atoms with van der Waals surface area (Å²) in [7, 11) is 1.76. The highest BCUT2D eigenvalue weighted by molar-refractivity contribution is 5.61. The fourth-order valence-corrected chi connectivity index (χ4v) is 3.61. The van der Waals surface area contributed by atoms with E-state index in [0.29, 0.717) is 11.5 Å². The molecule has 3 aromatic heterocycles. The van der Waals surface area contributed by atoms with Crippen LogP contribution in [0.3, 0.4) is 0 Å². The predicted octanol–water partition coefficient (Wildman–Crippen LogP) is 1.61. The van der Waals surface area contributed by atoms with E-state index in [-0.39, 0.29) is 10.6 Å². The van der Waals surface area contributed by atoms with Crippen molar-refractivity contribution in [2.24, 2.45) is 7.05 Å². The molecular formula is C17H21N7O2. The molecule has 0 bridgehead atoms. The summed E-state index contributed by atoms with van der Waals surface area (Å²) in [5, 5.41) is 15.6. The molecule has 136 valence electrons. The molecule has 9 nitrogen and oxygen atoms in total. The number of aryl methyl sites for hydroxylation is 2. The van der Waals surface area contributed by atoms with Crippen molar-refractivity contribution in [2.75, 3.05) is 31.1 Å². The molecule has 0 atom stereocenters. The van der Waals surface area contributed by atoms with Crippen molar-refractivity contribution in [3.8, 4) is 0 Å². The molecule has 0 aromatic carbocycles. The molecule has 0 spiro atoms. The molecule has 1 aliphatic rings. The second-order valence-corrected chi connectivity index (χ2v) is 6.60. The van der Waals surface area contributed by atoms with Gasteiger partial charge in [0.2, 0.25) is 5.82 Å². The lowest BCUT2D eigenvalue weighted by molar-refractivity contribution is -0.384. The van der Waals surface area contributed by atoms with Crippen LogP contribution in [0.1, 0.15) is 11.4 Å². The number of imidazole rings is 1. The van der Waals surface area contributed by atoms with Gasteiger partial charge in [0, 0.05) is 52.2 Å². The van der Waals surface area contributed by atoms with Crippen molar-refractivity contribution >= 4 is 17.2 Å². The summed E-state index contributed by atoms with van der Waals surface area (Å²) in [6.07, 6.45) is 4.05. The highest BCUT2D eigenvalue weighted by Crippen LogP contribution is 2.31. The molecule has 4 rings (SSSR count). The van der Waals surface area contributed by atoms with E-state index in [4.69, 9.17) is 0 Å². The van der Waals surface area contributed by atoms with Crippen LogP contribution in [0, 0.1) is 17.0 Å². The molecule has 9 heteroatoms. The summed E-state index contributed by atoms with van der Waals surface area (Å²) in [6.45, 7) is 5.58. The van der Waals surface area contributed by atoms with Gasteiger partial charge in [0.25, 0.3) is 0 Å². The number of hydrogen-bond acceptors (Lipinski definition) is 6. The third-order valence-corrected chi connectivity index (χ3v) is 4.81. The van der Waals surface area contributed by atoms with Crippen LogP contribution in [0.5, 0.6) is 0 Å². The number of pyridine rings is 1. The Kier molecular flexibility index (Phi) is 4.08. The maximum atomic E-state index is 11.4. The maximum Gasteiger partial charge on any atom is 0.333 e. The highest BCUT2D eigenvalue weighted by atomic mass is 16.6. The molecular weight excluding hydrogens is 334 g/mol. The largest absolute Gasteiger partial charge is 0.349 e. The van der Waals surface area contributed by atoms with Crippen molar-refractivity contribution in [1.82, 2.24) is 24.1 Å². The summed E-state index contributed by atoms with van der Waals surface area (Å²) < 4.78 is 3.64. The Morgan fingerprint density at radius 2 is 2.00 bits per heavy atom. The van der Waals surface area contributed by atoms with Gasteiger partial charge < -0.3 is 9.30 Å². The summed E-state index contributed by atoms with van der Waals surface area (Å²) in [5.41, 5.74) is 2.55. The zero-order valence-corrected chi connectivity index (χ0v) is 14.9. The van der Waals surface area contributed by atoms with Crippen LogP contribution >= 0.6 is 0 Å². The number of hydrogen-bond donors (Lipinski definition) is 0. The first-order valence-electron chi connectivity index (χ1n) is 8.61. The van der Waals surface area contributed by atoms with E-state index in [1.807, 2.05) is 28.8 Å². The fraction of sp³-hybridized carbons (Fsp3) is 0.412. The van der Waals surface area contributed by atoms with E-state index in [0.717, 1.165) is 44.1 Å². The van der Waals surface area contributed by atoms with E-state index >= 15 is 0 Å². The molecule has 1 saturated heterocycles. The van der Waals surface area contributed by atoms with Gasteiger partial charge in [-0.15, -0.1) is 0 Å². The zero-order chi connectivity index (χ0) is 18.3. The third kappa shape index (κ3) is 2.90. The van der Waals surface area contributed by atoms with Gasteiger partial charge in [0.05, 0.1) is 10.6 Å². The first-order chi connectivity index (χ1) is 12.5. The second-order valence-electron chi connectivity index (χ2n) is 6.60. The van der Waals surface area contributed by atoms with E-state index < -0.39 is 0 Å². The second kappa shape index (κ2) is 6.41. The molecule has 4 heterocycles. The molecule has 1 aliphatic heterocycles. The monoisotopic (exact) mass is 355 g/mol. The average molecular weight is 355 g/mol. The highest BCUT2D eigenvalue weighted by Gasteiger charge is 2.30. The van der Waals surface area contributed by atoms with Gasteiger partial charge in [-0.3, -0.25) is 15.0 Å². The van der Waals surface area contributed by atoms with Gasteiger partial charge in [-0.1, -0.05) is 6.07 Å². The van der Waals surface area contributed by atoms with Crippen LogP contribution in [0.15, 0.2) is 30.6 Å². The van der Waals surface area contributed by atoms with Crippen LogP contribution in [0.2, 0.25) is 0 Å². The normalized spacial score (nSPS) is 15.7. The SMILES string of the molecule is Cc1nn(C)c(N2CCN(Cc3cn4ccccc4n3)CC2)c1[N+](=O)[O-]. The Labute approximate surface area is 150 Å². The molecule has 0 saturated carbocycles. The summed E-state index contributed by atoms with van der Waals surface area (Å²) in [5.74, 6) is 0.597. The molecule has 0 unspecified atom stereocenters. The number of rotatable bonds is 4. The van der Waals surface area contributed by atoms with Crippen LogP contribution in [-0.2, 0) is 13.6 Å². The Balaban J connectivity index is 1.45. The fourth-order valence-electron chi connectivity index (χ4n) is 3.61. The van der Waals surface area contributed by atoms with Crippen molar-refractivity contribution in [2.45, 2.75) is 13.5 Å². The number of nitrogens with zero attached hydrogens (tertiary/aromatic N) is 7. The maximum absolute atomic E-state index is 11.4. The third-order valence-electron chi connectivity index (χ3n) is 4.81. The van der Waals surface area contributed by atoms with Gasteiger partial charge in [-0.05, 0) is 19.1 Å². The minimum atomic E-state index is -0.333. The van der Waals surface area contributed by atoms with Gasteiger partial charge in [-0.25, -0.2) is 9.67 Å². The van der Waals surface area contributed by atoms with Gasteiger partial charge >= 0.3 is 5.69 Å². The van der Waals surface area contributed by atoms with Gasteiger partial charge in [0.15, 0.2) is 0 Å². The molecule has 0 radical (unpaired) electrons. The van der Waals surface area contributed by atoms with E-state index in [2.05, 4.69) is 26.1 Å². The van der Waals surface area contributed by atoms with E-state index in [9.17, 15) is 10.1 Å². The minimum absolute atomic E-state index is 0.112. The van der Waals surface area contributed by atoms with E-state index in [1.165, 1.54) is 0 Å². The van der Waals surface area contributed by atoms with Crippen molar-refractivity contribution < 1.29 is 4.92 Å². The quantitative estimate of drug-likeness (QED) is 0.522. The topological polar surface area (TPSA) is 84.7 Å². The van der Waals surface area contributed by atoms with Crippen molar-refractivity contribution in [3.05, 3.63) is 52.1 Å². The Bertz CT molecular complexity index is 920. The van der Waals surface area contributed by atoms with Crippen LogP contribution < -0.4 is 4.90 Å². The summed E-state index contributed by atoms with van der Waals surface area (Å²) >= 11 is 0. The smallest absolute Gasteiger partial charge is 0.333 e. The first kappa shape index (κ1) is 16.5. The molecule has 3 aromatic rings. The lowest BCUT2D eigenvalue weighted by Crippen LogP contribution is -2.46. The molecule has 1 fully saturated rings. The van der Waals surface area contributed by atoms with Gasteiger partial charge in [0.1, 0.15) is 11.3 Å². The molecule has 26 heavy (non-hydrogen) atoms. The Hall–Kier alpha value is -2.94. The number of piperazine rings is 1. The summed E-state index contributed by atoms with van der Waals surface area (Å²) in [4.78, 5) is 20.1. The van der Waals surface area contributed by atoms with Crippen LogP contribution in [0.4, 0.5) is 11.5 Å². The van der Waals surface area contributed by atoms with Crippen LogP contribution in [0.25, 0.3) is 5.65 Å². The Morgan fingerprint density at radius 3 is 2.69 bits per heavy atom. The lowest BCUT2D eigenvalue weighted by atomic mass is 10.2. The molecule has 0 aliphatic carbocycles. The first-order valence-corrected chi connectivity index (χ1v) is 8.61. The van der Waals surface area contributed by atoms with Crippen LogP contribution in [-0.4, -0.2) is 55.2 Å².